The number of nitrogens with two attached hydrogens (primary N) is 1. The summed E-state index contributed by atoms with van der Waals surface area (Å²) in [6, 6.07) is 12.5. The number of fused-ring (bicyclic) bond motifs is 1. The van der Waals surface area contributed by atoms with Crippen LogP contribution in [0.5, 0.6) is 17.2 Å². The third-order valence-corrected chi connectivity index (χ3v) is 4.94. The Bertz CT molecular complexity index is 1010. The van der Waals surface area contributed by atoms with Crippen molar-refractivity contribution >= 4 is 23.4 Å². The van der Waals surface area contributed by atoms with Crippen molar-refractivity contribution in [1.29, 1.82) is 0 Å². The van der Waals surface area contributed by atoms with E-state index in [1.807, 2.05) is 24.3 Å². The molecule has 3 N–H and O–H groups in total. The summed E-state index contributed by atoms with van der Waals surface area (Å²) in [4.78, 5) is 12.2. The number of carbonyl (C=O) groups excluding carboxylic acids is 1. The first-order valence-electron chi connectivity index (χ1n) is 8.31. The number of methoxy groups -OCH3 is 1. The van der Waals surface area contributed by atoms with E-state index < -0.39 is 0 Å². The maximum absolute atomic E-state index is 12.2. The Morgan fingerprint density at radius 3 is 2.79 bits per heavy atom. The van der Waals surface area contributed by atoms with Crippen molar-refractivity contribution in [2.24, 2.45) is 0 Å². The summed E-state index contributed by atoms with van der Waals surface area (Å²) in [5, 5.41) is 11.4. The average molecular weight is 399 g/mol. The molecule has 2 aromatic carbocycles. The number of hydrogen-bond acceptors (Lipinski definition) is 8. The molecule has 2 heterocycles. The summed E-state index contributed by atoms with van der Waals surface area (Å²) in [6.07, 6.45) is 0. The molecular formula is C18H17N5O4S. The predicted molar refractivity (Wildman–Crippen MR) is 104 cm³/mol. The molecule has 0 unspecified atom stereocenters. The highest BCUT2D eigenvalue weighted by Crippen LogP contribution is 2.34. The first-order chi connectivity index (χ1) is 13.6. The SMILES string of the molecule is COc1ccc(-c2nnc(SCC(=O)Nc3ccc4c(c3)OCO4)n2N)cc1. The molecule has 0 aliphatic carbocycles. The summed E-state index contributed by atoms with van der Waals surface area (Å²) in [5.74, 6) is 8.53. The zero-order valence-electron chi connectivity index (χ0n) is 14.9. The predicted octanol–water partition coefficient (Wildman–Crippen LogP) is 2.13. The molecule has 144 valence electrons. The van der Waals surface area contributed by atoms with Crippen LogP contribution in [0.1, 0.15) is 0 Å². The van der Waals surface area contributed by atoms with Crippen LogP contribution in [-0.2, 0) is 4.79 Å². The molecule has 3 aromatic rings. The van der Waals surface area contributed by atoms with Crippen molar-refractivity contribution in [1.82, 2.24) is 14.9 Å². The fraction of sp³-hybridized carbons (Fsp3) is 0.167. The number of nitrogens with zero attached hydrogens (tertiary/aromatic N) is 3. The fourth-order valence-corrected chi connectivity index (χ4v) is 3.27. The number of amides is 1. The van der Waals surface area contributed by atoms with E-state index in [0.717, 1.165) is 11.3 Å². The van der Waals surface area contributed by atoms with E-state index in [1.165, 1.54) is 16.4 Å². The highest BCUT2D eigenvalue weighted by atomic mass is 32.2. The van der Waals surface area contributed by atoms with Crippen molar-refractivity contribution in [3.63, 3.8) is 0 Å². The van der Waals surface area contributed by atoms with E-state index >= 15 is 0 Å². The van der Waals surface area contributed by atoms with E-state index in [-0.39, 0.29) is 18.5 Å². The van der Waals surface area contributed by atoms with Crippen LogP contribution < -0.4 is 25.4 Å². The minimum atomic E-state index is -0.196. The highest BCUT2D eigenvalue weighted by molar-refractivity contribution is 7.99. The van der Waals surface area contributed by atoms with Gasteiger partial charge in [0.15, 0.2) is 17.3 Å². The monoisotopic (exact) mass is 399 g/mol. The number of ether oxygens (including phenoxy) is 3. The second-order valence-electron chi connectivity index (χ2n) is 5.81. The molecule has 0 atom stereocenters. The molecule has 0 bridgehead atoms. The number of thioether (sulfide) groups is 1. The maximum atomic E-state index is 12.2. The lowest BCUT2D eigenvalue weighted by atomic mass is 10.2. The van der Waals surface area contributed by atoms with Crippen LogP contribution in [0.2, 0.25) is 0 Å². The molecule has 28 heavy (non-hydrogen) atoms. The van der Waals surface area contributed by atoms with Crippen LogP contribution in [0.4, 0.5) is 5.69 Å². The van der Waals surface area contributed by atoms with E-state index in [9.17, 15) is 4.79 Å². The third-order valence-electron chi connectivity index (χ3n) is 4.00. The summed E-state index contributed by atoms with van der Waals surface area (Å²) in [5.41, 5.74) is 1.43. The van der Waals surface area contributed by atoms with Gasteiger partial charge in [-0.2, -0.15) is 0 Å². The van der Waals surface area contributed by atoms with Crippen LogP contribution in [0.25, 0.3) is 11.4 Å². The first kappa shape index (κ1) is 18.0. The van der Waals surface area contributed by atoms with Crippen LogP contribution in [0.3, 0.4) is 0 Å². The quantitative estimate of drug-likeness (QED) is 0.479. The zero-order chi connectivity index (χ0) is 19.5. The highest BCUT2D eigenvalue weighted by Gasteiger charge is 2.16. The van der Waals surface area contributed by atoms with Gasteiger partial charge in [-0.1, -0.05) is 11.8 Å². The standard InChI is InChI=1S/C18H17N5O4S/c1-25-13-5-2-11(3-6-13)17-21-22-18(23(17)19)28-9-16(24)20-12-4-7-14-15(8-12)27-10-26-14/h2-8H,9-10,19H2,1H3,(H,20,24). The van der Waals surface area contributed by atoms with Gasteiger partial charge >= 0.3 is 0 Å². The Labute approximate surface area is 164 Å². The van der Waals surface area contributed by atoms with Crippen LogP contribution in [0.15, 0.2) is 47.6 Å². The smallest absolute Gasteiger partial charge is 0.234 e. The van der Waals surface area contributed by atoms with E-state index in [2.05, 4.69) is 15.5 Å². The summed E-state index contributed by atoms with van der Waals surface area (Å²) in [7, 11) is 1.60. The number of nitrogens with one attached hydrogen (secondary N) is 1. The topological polar surface area (TPSA) is 114 Å². The van der Waals surface area contributed by atoms with Gasteiger partial charge in [0.1, 0.15) is 5.75 Å². The lowest BCUT2D eigenvalue weighted by Crippen LogP contribution is -2.16. The Morgan fingerprint density at radius 1 is 1.21 bits per heavy atom. The van der Waals surface area contributed by atoms with Gasteiger partial charge in [-0.3, -0.25) is 4.79 Å². The Balaban J connectivity index is 1.38. The van der Waals surface area contributed by atoms with Crippen LogP contribution >= 0.6 is 11.8 Å². The van der Waals surface area contributed by atoms with E-state index in [4.69, 9.17) is 20.1 Å². The Morgan fingerprint density at radius 2 is 2.00 bits per heavy atom. The number of rotatable bonds is 6. The molecular weight excluding hydrogens is 382 g/mol. The van der Waals surface area contributed by atoms with Gasteiger partial charge < -0.3 is 25.4 Å². The third kappa shape index (κ3) is 3.67. The minimum Gasteiger partial charge on any atom is -0.497 e. The largest absolute Gasteiger partial charge is 0.497 e. The first-order valence-corrected chi connectivity index (χ1v) is 9.30. The summed E-state index contributed by atoms with van der Waals surface area (Å²) < 4.78 is 17.1. The van der Waals surface area contributed by atoms with E-state index in [1.54, 1.807) is 25.3 Å². The number of hydrogen-bond donors (Lipinski definition) is 2. The van der Waals surface area contributed by atoms with Crippen molar-refractivity contribution in [3.8, 4) is 28.6 Å². The lowest BCUT2D eigenvalue weighted by molar-refractivity contribution is -0.113. The Kier molecular flexibility index (Phi) is 4.94. The molecule has 0 spiro atoms. The van der Waals surface area contributed by atoms with Gasteiger partial charge in [0, 0.05) is 17.3 Å². The molecule has 1 aliphatic rings. The fourth-order valence-electron chi connectivity index (χ4n) is 2.61. The number of nitrogen functional groups attached to an aromatic ring is 1. The van der Waals surface area contributed by atoms with E-state index in [0.29, 0.717) is 28.2 Å². The van der Waals surface area contributed by atoms with Gasteiger partial charge in [-0.15, -0.1) is 10.2 Å². The van der Waals surface area contributed by atoms with Gasteiger partial charge in [0.05, 0.1) is 12.9 Å². The van der Waals surface area contributed by atoms with Crippen LogP contribution in [-0.4, -0.2) is 40.4 Å². The minimum absolute atomic E-state index is 0.131. The molecule has 1 aliphatic heterocycles. The second kappa shape index (κ2) is 7.69. The van der Waals surface area contributed by atoms with Gasteiger partial charge in [0.25, 0.3) is 0 Å². The molecule has 0 fully saturated rings. The number of anilines is 1. The molecule has 4 rings (SSSR count). The molecule has 9 nitrogen and oxygen atoms in total. The Hall–Kier alpha value is -3.40. The number of benzene rings is 2. The maximum Gasteiger partial charge on any atom is 0.234 e. The summed E-state index contributed by atoms with van der Waals surface area (Å²) in [6.45, 7) is 0.186. The second-order valence-corrected chi connectivity index (χ2v) is 6.75. The summed E-state index contributed by atoms with van der Waals surface area (Å²) >= 11 is 1.19. The molecule has 1 amide bonds. The van der Waals surface area contributed by atoms with Crippen molar-refractivity contribution in [2.75, 3.05) is 30.8 Å². The molecule has 1 aromatic heterocycles. The number of aromatic nitrogens is 3. The normalized spacial score (nSPS) is 12.0. The van der Waals surface area contributed by atoms with Crippen LogP contribution in [0, 0.1) is 0 Å². The van der Waals surface area contributed by atoms with Gasteiger partial charge in [-0.25, -0.2) is 4.68 Å². The van der Waals surface area contributed by atoms with Crippen molar-refractivity contribution in [2.45, 2.75) is 5.16 Å². The molecule has 0 saturated heterocycles. The van der Waals surface area contributed by atoms with Gasteiger partial charge in [-0.05, 0) is 36.4 Å². The molecule has 0 saturated carbocycles. The van der Waals surface area contributed by atoms with Crippen molar-refractivity contribution in [3.05, 3.63) is 42.5 Å². The number of carbonyl (C=O) groups is 1. The van der Waals surface area contributed by atoms with Crippen molar-refractivity contribution < 1.29 is 19.0 Å². The lowest BCUT2D eigenvalue weighted by Gasteiger charge is -2.06. The average Bonchev–Trinajstić information content (AvgIpc) is 3.32. The molecule has 0 radical (unpaired) electrons. The molecule has 10 heteroatoms. The van der Waals surface area contributed by atoms with Gasteiger partial charge in [0.2, 0.25) is 17.9 Å². The zero-order valence-corrected chi connectivity index (χ0v) is 15.7.